The molecule has 1 heterocycles. The molecule has 0 aliphatic heterocycles. The maximum Gasteiger partial charge on any atom is 0.410 e. The summed E-state index contributed by atoms with van der Waals surface area (Å²) in [5, 5.41) is 13.5. The Kier molecular flexibility index (Phi) is 3.43. The molecule has 0 fully saturated rings. The summed E-state index contributed by atoms with van der Waals surface area (Å²) < 4.78 is 46.1. The van der Waals surface area contributed by atoms with Crippen molar-refractivity contribution in [1.82, 2.24) is 9.78 Å². The van der Waals surface area contributed by atoms with Crippen molar-refractivity contribution in [3.05, 3.63) is 16.3 Å². The topological polar surface area (TPSA) is 95.1 Å². The smallest absolute Gasteiger partial charge is 0.358 e. The minimum Gasteiger partial charge on any atom is -0.358 e. The summed E-state index contributed by atoms with van der Waals surface area (Å²) in [7, 11) is 0.493. The van der Waals surface area contributed by atoms with Gasteiger partial charge in [-0.2, -0.15) is 4.68 Å². The van der Waals surface area contributed by atoms with E-state index in [4.69, 9.17) is 10.7 Å². The molecular formula is C5H4ClF2N3O4S. The second kappa shape index (κ2) is 4.29. The highest BCUT2D eigenvalue weighted by molar-refractivity contribution is 8.13. The number of aromatic nitrogens is 2. The Labute approximate surface area is 92.2 Å². The van der Waals surface area contributed by atoms with Crippen molar-refractivity contribution in [3.63, 3.8) is 0 Å². The van der Waals surface area contributed by atoms with Gasteiger partial charge in [-0.25, -0.2) is 17.2 Å². The van der Waals surface area contributed by atoms with E-state index in [1.165, 1.54) is 0 Å². The van der Waals surface area contributed by atoms with Crippen molar-refractivity contribution in [1.29, 1.82) is 0 Å². The summed E-state index contributed by atoms with van der Waals surface area (Å²) in [6.45, 7) is -0.951. The lowest BCUT2D eigenvalue weighted by Gasteiger charge is -1.92. The molecule has 0 saturated heterocycles. The number of halogens is 3. The highest BCUT2D eigenvalue weighted by Gasteiger charge is 2.30. The molecule has 0 aliphatic carbocycles. The van der Waals surface area contributed by atoms with Gasteiger partial charge in [0.1, 0.15) is 6.54 Å². The lowest BCUT2D eigenvalue weighted by atomic mass is 10.6. The lowest BCUT2D eigenvalue weighted by molar-refractivity contribution is -0.392. The van der Waals surface area contributed by atoms with Gasteiger partial charge in [0.25, 0.3) is 15.5 Å². The van der Waals surface area contributed by atoms with Crippen LogP contribution in [0.5, 0.6) is 0 Å². The molecular weight excluding hydrogens is 272 g/mol. The van der Waals surface area contributed by atoms with Crippen LogP contribution in [0.1, 0.15) is 0 Å². The first-order valence-electron chi connectivity index (χ1n) is 3.66. The predicted octanol–water partition coefficient (Wildman–Crippen LogP) is 0.984. The van der Waals surface area contributed by atoms with Crippen LogP contribution in [-0.4, -0.2) is 29.5 Å². The number of hydrogen-bond donors (Lipinski definition) is 0. The lowest BCUT2D eigenvalue weighted by Crippen LogP contribution is -2.07. The van der Waals surface area contributed by atoms with Crippen molar-refractivity contribution in [3.8, 4) is 0 Å². The molecule has 0 bridgehead atoms. The van der Waals surface area contributed by atoms with Crippen molar-refractivity contribution in [2.24, 2.45) is 0 Å². The van der Waals surface area contributed by atoms with E-state index in [9.17, 15) is 27.3 Å². The molecule has 90 valence electrons. The van der Waals surface area contributed by atoms with Gasteiger partial charge in [0, 0.05) is 10.7 Å². The number of rotatable bonds is 4. The van der Waals surface area contributed by atoms with Crippen LogP contribution < -0.4 is 0 Å². The second-order valence-electron chi connectivity index (χ2n) is 2.63. The molecule has 0 aromatic carbocycles. The summed E-state index contributed by atoms with van der Waals surface area (Å²) in [4.78, 5) is 8.37. The molecule has 7 nitrogen and oxygen atoms in total. The molecule has 16 heavy (non-hydrogen) atoms. The van der Waals surface area contributed by atoms with Gasteiger partial charge < -0.3 is 10.1 Å². The summed E-state index contributed by atoms with van der Waals surface area (Å²) in [5.41, 5.74) is 0. The maximum absolute atomic E-state index is 11.9. The second-order valence-corrected chi connectivity index (χ2v) is 5.16. The van der Waals surface area contributed by atoms with Crippen molar-refractivity contribution < 1.29 is 22.1 Å². The summed E-state index contributed by atoms with van der Waals surface area (Å²) in [5.74, 6) is -1.07. The van der Waals surface area contributed by atoms with Gasteiger partial charge >= 0.3 is 5.82 Å². The summed E-state index contributed by atoms with van der Waals surface area (Å²) in [6, 6.07) is 0. The number of alkyl halides is 2. The number of hydrogen-bond acceptors (Lipinski definition) is 5. The van der Waals surface area contributed by atoms with Gasteiger partial charge in [-0.15, -0.1) is 0 Å². The van der Waals surface area contributed by atoms with E-state index in [0.717, 1.165) is 0 Å². The van der Waals surface area contributed by atoms with Gasteiger partial charge in [0.05, 0.1) is 11.3 Å². The molecule has 1 rings (SSSR count). The molecule has 0 saturated carbocycles. The fraction of sp³-hybridized carbons (Fsp3) is 0.400. The largest absolute Gasteiger partial charge is 0.410 e. The van der Waals surface area contributed by atoms with E-state index in [2.05, 4.69) is 5.10 Å². The monoisotopic (exact) mass is 275 g/mol. The molecule has 0 spiro atoms. The predicted molar refractivity (Wildman–Crippen MR) is 47.9 cm³/mol. The van der Waals surface area contributed by atoms with Crippen LogP contribution >= 0.6 is 10.7 Å². The molecule has 1 aromatic rings. The van der Waals surface area contributed by atoms with Crippen molar-refractivity contribution in [2.75, 3.05) is 0 Å². The average molecular weight is 276 g/mol. The van der Waals surface area contributed by atoms with Crippen molar-refractivity contribution in [2.45, 2.75) is 17.9 Å². The zero-order valence-corrected chi connectivity index (χ0v) is 8.95. The third-order valence-corrected chi connectivity index (χ3v) is 2.78. The van der Waals surface area contributed by atoms with E-state index in [0.29, 0.717) is 10.9 Å². The highest BCUT2D eigenvalue weighted by Crippen LogP contribution is 2.25. The molecule has 11 heteroatoms. The average Bonchev–Trinajstić information content (AvgIpc) is 2.45. The van der Waals surface area contributed by atoms with E-state index in [1.54, 1.807) is 0 Å². The quantitative estimate of drug-likeness (QED) is 0.464. The Balaban J connectivity index is 3.27. The third-order valence-electron chi connectivity index (χ3n) is 1.47. The normalized spacial score (nSPS) is 12.0. The highest BCUT2D eigenvalue weighted by atomic mass is 35.7. The van der Waals surface area contributed by atoms with E-state index < -0.39 is 37.7 Å². The number of nitrogens with zero attached hydrogens (tertiary/aromatic N) is 3. The zero-order chi connectivity index (χ0) is 12.5. The molecule has 1 aromatic heterocycles. The van der Waals surface area contributed by atoms with Crippen LogP contribution in [0.2, 0.25) is 0 Å². The van der Waals surface area contributed by atoms with E-state index >= 15 is 0 Å². The fourth-order valence-electron chi connectivity index (χ4n) is 0.926. The Bertz CT molecular complexity index is 514. The molecule has 0 unspecified atom stereocenters. The van der Waals surface area contributed by atoms with Crippen LogP contribution in [-0.2, 0) is 15.6 Å². The third kappa shape index (κ3) is 2.85. The fourth-order valence-corrected chi connectivity index (χ4v) is 1.83. The standard InChI is InChI=1S/C5H4ClF2N3O4S/c6-16(14,15)3-1-10(2-4(7)8)9-5(3)11(12)13/h1,4H,2H2. The maximum atomic E-state index is 11.9. The first-order valence-corrected chi connectivity index (χ1v) is 5.97. The molecule has 0 aliphatic rings. The SMILES string of the molecule is O=[N+]([O-])c1nn(CC(F)F)cc1S(=O)(=O)Cl. The summed E-state index contributed by atoms with van der Waals surface area (Å²) in [6.07, 6.45) is -2.22. The summed E-state index contributed by atoms with van der Waals surface area (Å²) >= 11 is 0. The van der Waals surface area contributed by atoms with Gasteiger partial charge in [-0.3, -0.25) is 0 Å². The molecule has 0 amide bonds. The molecule has 0 N–H and O–H groups in total. The minimum absolute atomic E-state index is 0.456. The Hall–Kier alpha value is -1.29. The zero-order valence-electron chi connectivity index (χ0n) is 7.38. The van der Waals surface area contributed by atoms with Crippen LogP contribution in [0.4, 0.5) is 14.6 Å². The molecule has 0 atom stereocenters. The minimum atomic E-state index is -4.39. The van der Waals surface area contributed by atoms with Gasteiger partial charge in [-0.05, 0) is 4.92 Å². The van der Waals surface area contributed by atoms with Crippen LogP contribution in [0.3, 0.4) is 0 Å². The molecule has 0 radical (unpaired) electrons. The van der Waals surface area contributed by atoms with E-state index in [-0.39, 0.29) is 0 Å². The van der Waals surface area contributed by atoms with Crippen LogP contribution in [0.25, 0.3) is 0 Å². The van der Waals surface area contributed by atoms with Gasteiger partial charge in [0.15, 0.2) is 0 Å². The Morgan fingerprint density at radius 1 is 1.62 bits per heavy atom. The first-order chi connectivity index (χ1) is 7.21. The van der Waals surface area contributed by atoms with Crippen molar-refractivity contribution >= 4 is 25.6 Å². The number of nitro groups is 1. The Morgan fingerprint density at radius 2 is 2.19 bits per heavy atom. The van der Waals surface area contributed by atoms with Crippen LogP contribution in [0, 0.1) is 10.1 Å². The first kappa shape index (κ1) is 12.8. The Morgan fingerprint density at radius 3 is 2.50 bits per heavy atom. The van der Waals surface area contributed by atoms with E-state index in [1.807, 2.05) is 0 Å². The van der Waals surface area contributed by atoms with Gasteiger partial charge in [0.2, 0.25) is 4.90 Å². The van der Waals surface area contributed by atoms with Gasteiger partial charge in [-0.1, -0.05) is 0 Å². The van der Waals surface area contributed by atoms with Crippen LogP contribution in [0.15, 0.2) is 11.1 Å².